The maximum atomic E-state index is 12.0. The first kappa shape index (κ1) is 13.3. The van der Waals surface area contributed by atoms with E-state index in [0.717, 1.165) is 4.90 Å². The number of carbonyl (C=O) groups is 1. The monoisotopic (exact) mass is 246 g/mol. The van der Waals surface area contributed by atoms with Gasteiger partial charge in [-0.3, -0.25) is 4.79 Å². The number of benzene rings is 1. The molecule has 2 N–H and O–H groups in total. The van der Waals surface area contributed by atoms with Crippen LogP contribution < -0.4 is 5.73 Å². The number of carbonyl (C=O) groups excluding carboxylic acids is 1. The van der Waals surface area contributed by atoms with E-state index in [0.29, 0.717) is 11.3 Å². The molecule has 1 amide bonds. The van der Waals surface area contributed by atoms with Gasteiger partial charge in [-0.25, -0.2) is 0 Å². The lowest BCUT2D eigenvalue weighted by Gasteiger charge is -2.18. The number of nitrogens with zero attached hydrogens (tertiary/aromatic N) is 1. The SMILES string of the molecule is CN(CCC(F)(F)F)C(=O)c1ccc(N)cc1. The summed E-state index contributed by atoms with van der Waals surface area (Å²) < 4.78 is 35.9. The van der Waals surface area contributed by atoms with Crippen LogP contribution in [-0.2, 0) is 0 Å². The summed E-state index contributed by atoms with van der Waals surface area (Å²) in [6.07, 6.45) is -5.26. The van der Waals surface area contributed by atoms with Crippen LogP contribution in [0.1, 0.15) is 16.8 Å². The second-order valence-corrected chi connectivity index (χ2v) is 3.71. The lowest BCUT2D eigenvalue weighted by molar-refractivity contribution is -0.136. The van der Waals surface area contributed by atoms with E-state index in [9.17, 15) is 18.0 Å². The number of nitrogens with two attached hydrogens (primary N) is 1. The normalized spacial score (nSPS) is 11.3. The molecule has 0 saturated carbocycles. The van der Waals surface area contributed by atoms with Crippen molar-refractivity contribution in [2.45, 2.75) is 12.6 Å². The molecule has 0 fully saturated rings. The summed E-state index contributed by atoms with van der Waals surface area (Å²) >= 11 is 0. The number of rotatable bonds is 3. The standard InChI is InChI=1S/C11H13F3N2O/c1-16(7-6-11(12,13)14)10(17)8-2-4-9(15)5-3-8/h2-5H,6-7,15H2,1H3. The number of alkyl halides is 3. The van der Waals surface area contributed by atoms with Crippen LogP contribution in [0.25, 0.3) is 0 Å². The summed E-state index contributed by atoms with van der Waals surface area (Å²) in [6.45, 7) is -0.354. The fourth-order valence-corrected chi connectivity index (χ4v) is 1.24. The van der Waals surface area contributed by atoms with E-state index < -0.39 is 18.5 Å². The molecule has 0 unspecified atom stereocenters. The van der Waals surface area contributed by atoms with Crippen molar-refractivity contribution in [2.75, 3.05) is 19.3 Å². The zero-order valence-corrected chi connectivity index (χ0v) is 9.29. The fraction of sp³-hybridized carbons (Fsp3) is 0.364. The molecule has 0 spiro atoms. The third-order valence-electron chi connectivity index (χ3n) is 2.24. The molecule has 1 aromatic rings. The van der Waals surface area contributed by atoms with Gasteiger partial charge in [-0.15, -0.1) is 0 Å². The molecule has 0 radical (unpaired) electrons. The highest BCUT2D eigenvalue weighted by Gasteiger charge is 2.28. The Bertz CT molecular complexity index is 387. The first-order valence-electron chi connectivity index (χ1n) is 4.97. The molecule has 17 heavy (non-hydrogen) atoms. The zero-order valence-electron chi connectivity index (χ0n) is 9.29. The second kappa shape index (κ2) is 5.07. The van der Waals surface area contributed by atoms with E-state index in [1.165, 1.54) is 31.3 Å². The predicted octanol–water partition coefficient (Wildman–Crippen LogP) is 2.29. The van der Waals surface area contributed by atoms with Crippen molar-refractivity contribution in [1.29, 1.82) is 0 Å². The van der Waals surface area contributed by atoms with Gasteiger partial charge < -0.3 is 10.6 Å². The maximum Gasteiger partial charge on any atom is 0.390 e. The van der Waals surface area contributed by atoms with Crippen molar-refractivity contribution in [2.24, 2.45) is 0 Å². The van der Waals surface area contributed by atoms with Crippen molar-refractivity contribution in [3.05, 3.63) is 29.8 Å². The Morgan fingerprint density at radius 1 is 1.29 bits per heavy atom. The Balaban J connectivity index is 2.61. The highest BCUT2D eigenvalue weighted by molar-refractivity contribution is 5.94. The summed E-state index contributed by atoms with van der Waals surface area (Å²) in [5, 5.41) is 0. The fourth-order valence-electron chi connectivity index (χ4n) is 1.24. The van der Waals surface area contributed by atoms with E-state index in [1.807, 2.05) is 0 Å². The minimum atomic E-state index is -4.25. The predicted molar refractivity (Wildman–Crippen MR) is 58.5 cm³/mol. The minimum Gasteiger partial charge on any atom is -0.399 e. The molecule has 1 aromatic carbocycles. The van der Waals surface area contributed by atoms with Crippen LogP contribution in [0.3, 0.4) is 0 Å². The number of halogens is 3. The zero-order chi connectivity index (χ0) is 13.1. The minimum absolute atomic E-state index is 0.323. The van der Waals surface area contributed by atoms with Gasteiger partial charge in [0.1, 0.15) is 0 Å². The van der Waals surface area contributed by atoms with Gasteiger partial charge in [0.25, 0.3) is 5.91 Å². The Kier molecular flexibility index (Phi) is 3.98. The van der Waals surface area contributed by atoms with Gasteiger partial charge in [0.15, 0.2) is 0 Å². The molecular formula is C11H13F3N2O. The average molecular weight is 246 g/mol. The van der Waals surface area contributed by atoms with Gasteiger partial charge in [-0.1, -0.05) is 0 Å². The van der Waals surface area contributed by atoms with Crippen molar-refractivity contribution < 1.29 is 18.0 Å². The van der Waals surface area contributed by atoms with Crippen LogP contribution in [0, 0.1) is 0 Å². The number of hydrogen-bond donors (Lipinski definition) is 1. The number of anilines is 1. The van der Waals surface area contributed by atoms with Gasteiger partial charge in [0.2, 0.25) is 0 Å². The number of nitrogen functional groups attached to an aromatic ring is 1. The van der Waals surface area contributed by atoms with Crippen LogP contribution in [0.5, 0.6) is 0 Å². The van der Waals surface area contributed by atoms with E-state index in [2.05, 4.69) is 0 Å². The molecule has 94 valence electrons. The van der Waals surface area contributed by atoms with Gasteiger partial charge in [0, 0.05) is 24.8 Å². The van der Waals surface area contributed by atoms with Crippen molar-refractivity contribution in [1.82, 2.24) is 4.90 Å². The molecule has 0 heterocycles. The second-order valence-electron chi connectivity index (χ2n) is 3.71. The molecule has 6 heteroatoms. The van der Waals surface area contributed by atoms with Gasteiger partial charge in [-0.2, -0.15) is 13.2 Å². The van der Waals surface area contributed by atoms with Crippen molar-refractivity contribution in [3.8, 4) is 0 Å². The first-order chi connectivity index (χ1) is 7.79. The average Bonchev–Trinajstić information content (AvgIpc) is 2.25. The highest BCUT2D eigenvalue weighted by atomic mass is 19.4. The molecule has 0 aliphatic heterocycles. The topological polar surface area (TPSA) is 46.3 Å². The smallest absolute Gasteiger partial charge is 0.390 e. The molecular weight excluding hydrogens is 233 g/mol. The van der Waals surface area contributed by atoms with E-state index in [-0.39, 0.29) is 6.54 Å². The molecule has 0 atom stereocenters. The third-order valence-corrected chi connectivity index (χ3v) is 2.24. The van der Waals surface area contributed by atoms with Crippen LogP contribution in [0.4, 0.5) is 18.9 Å². The molecule has 0 aliphatic rings. The summed E-state index contributed by atoms with van der Waals surface area (Å²) in [6, 6.07) is 6.04. The van der Waals surface area contributed by atoms with Gasteiger partial charge >= 0.3 is 6.18 Å². The third kappa shape index (κ3) is 4.34. The molecule has 0 aliphatic carbocycles. The Morgan fingerprint density at radius 2 is 1.82 bits per heavy atom. The number of amides is 1. The van der Waals surface area contributed by atoms with Gasteiger partial charge in [-0.05, 0) is 24.3 Å². The van der Waals surface area contributed by atoms with Crippen LogP contribution in [-0.4, -0.2) is 30.6 Å². The molecule has 0 bridgehead atoms. The maximum absolute atomic E-state index is 12.0. The first-order valence-corrected chi connectivity index (χ1v) is 4.97. The van der Waals surface area contributed by atoms with E-state index in [1.54, 1.807) is 0 Å². The quantitative estimate of drug-likeness (QED) is 0.832. The summed E-state index contributed by atoms with van der Waals surface area (Å²) in [5.41, 5.74) is 6.27. The molecule has 0 saturated heterocycles. The van der Waals surface area contributed by atoms with Crippen LogP contribution >= 0.6 is 0 Å². The van der Waals surface area contributed by atoms with E-state index >= 15 is 0 Å². The van der Waals surface area contributed by atoms with Crippen molar-refractivity contribution in [3.63, 3.8) is 0 Å². The summed E-state index contributed by atoms with van der Waals surface area (Å²) in [5.74, 6) is -0.450. The lowest BCUT2D eigenvalue weighted by Crippen LogP contribution is -2.30. The lowest BCUT2D eigenvalue weighted by atomic mass is 10.2. The largest absolute Gasteiger partial charge is 0.399 e. The molecule has 1 rings (SSSR count). The van der Waals surface area contributed by atoms with Crippen LogP contribution in [0.2, 0.25) is 0 Å². The Labute approximate surface area is 97.0 Å². The molecule has 0 aromatic heterocycles. The summed E-state index contributed by atoms with van der Waals surface area (Å²) in [4.78, 5) is 12.7. The number of hydrogen-bond acceptors (Lipinski definition) is 2. The van der Waals surface area contributed by atoms with E-state index in [4.69, 9.17) is 5.73 Å². The Morgan fingerprint density at radius 3 is 2.29 bits per heavy atom. The summed E-state index contributed by atoms with van der Waals surface area (Å²) in [7, 11) is 1.34. The highest BCUT2D eigenvalue weighted by Crippen LogP contribution is 2.20. The molecule has 3 nitrogen and oxygen atoms in total. The van der Waals surface area contributed by atoms with Gasteiger partial charge in [0.05, 0.1) is 6.42 Å². The van der Waals surface area contributed by atoms with Crippen molar-refractivity contribution >= 4 is 11.6 Å². The Hall–Kier alpha value is -1.72. The van der Waals surface area contributed by atoms with Crippen LogP contribution in [0.15, 0.2) is 24.3 Å².